The number of nitrogens with zero attached hydrogens (tertiary/aromatic N) is 1. The molecule has 0 aliphatic heterocycles. The Hall–Kier alpha value is -1.56. The zero-order valence-corrected chi connectivity index (χ0v) is 11.0. The Morgan fingerprint density at radius 1 is 1.25 bits per heavy atom. The van der Waals surface area contributed by atoms with Crippen LogP contribution in [0.4, 0.5) is 18.9 Å². The van der Waals surface area contributed by atoms with Crippen LogP contribution in [0.25, 0.3) is 0 Å². The highest BCUT2D eigenvalue weighted by Gasteiger charge is 2.35. The zero-order valence-electron chi connectivity index (χ0n) is 11.0. The highest BCUT2D eigenvalue weighted by Crippen LogP contribution is 2.33. The molecule has 2 rings (SSSR count). The molecule has 0 aromatic heterocycles. The number of alkyl halides is 3. The van der Waals surface area contributed by atoms with Crippen LogP contribution in [0.1, 0.15) is 31.2 Å². The number of nitrogens with two attached hydrogens (primary N) is 1. The zero-order chi connectivity index (χ0) is 14.8. The predicted octanol–water partition coefficient (Wildman–Crippen LogP) is 2.98. The number of anilines is 1. The lowest BCUT2D eigenvalue weighted by molar-refractivity contribution is -0.143. The molecule has 3 nitrogen and oxygen atoms in total. The molecule has 1 aromatic carbocycles. The van der Waals surface area contributed by atoms with Crippen LogP contribution < -0.4 is 10.6 Å². The summed E-state index contributed by atoms with van der Waals surface area (Å²) >= 11 is 0. The third-order valence-corrected chi connectivity index (χ3v) is 3.25. The van der Waals surface area contributed by atoms with Gasteiger partial charge in [0.2, 0.25) is 5.91 Å². The fourth-order valence-corrected chi connectivity index (χ4v) is 2.05. The van der Waals surface area contributed by atoms with Gasteiger partial charge in [-0.1, -0.05) is 12.1 Å². The van der Waals surface area contributed by atoms with Crippen LogP contribution in [0.3, 0.4) is 0 Å². The molecule has 0 radical (unpaired) electrons. The minimum Gasteiger partial charge on any atom is -0.326 e. The van der Waals surface area contributed by atoms with Crippen molar-refractivity contribution >= 4 is 11.6 Å². The third-order valence-electron chi connectivity index (χ3n) is 3.25. The Balaban J connectivity index is 2.08. The van der Waals surface area contributed by atoms with Crippen molar-refractivity contribution in [3.8, 4) is 0 Å². The molecule has 6 heteroatoms. The van der Waals surface area contributed by atoms with Crippen LogP contribution in [0.5, 0.6) is 0 Å². The summed E-state index contributed by atoms with van der Waals surface area (Å²) in [5.74, 6) is -0.467. The first-order valence-corrected chi connectivity index (χ1v) is 6.58. The molecule has 0 atom stereocenters. The maximum absolute atomic E-state index is 12.2. The molecule has 1 aliphatic carbocycles. The van der Waals surface area contributed by atoms with Gasteiger partial charge in [-0.15, -0.1) is 0 Å². The van der Waals surface area contributed by atoms with E-state index in [0.29, 0.717) is 12.2 Å². The van der Waals surface area contributed by atoms with Gasteiger partial charge in [-0.2, -0.15) is 13.2 Å². The second-order valence-electron chi connectivity index (χ2n) is 4.98. The van der Waals surface area contributed by atoms with E-state index in [4.69, 9.17) is 5.73 Å². The molecule has 0 bridgehead atoms. The van der Waals surface area contributed by atoms with Crippen LogP contribution in [0.15, 0.2) is 24.3 Å². The summed E-state index contributed by atoms with van der Waals surface area (Å²) in [7, 11) is 0. The topological polar surface area (TPSA) is 46.3 Å². The number of carbonyl (C=O) groups excluding carboxylic acids is 1. The van der Waals surface area contributed by atoms with Gasteiger partial charge < -0.3 is 10.6 Å². The van der Waals surface area contributed by atoms with Gasteiger partial charge in [0, 0.05) is 24.7 Å². The maximum Gasteiger partial charge on any atom is 0.389 e. The minimum absolute atomic E-state index is 0.0412. The summed E-state index contributed by atoms with van der Waals surface area (Å²) in [5, 5.41) is 0. The fraction of sp³-hybridized carbons (Fsp3) is 0.500. The van der Waals surface area contributed by atoms with E-state index in [1.807, 2.05) is 0 Å². The summed E-state index contributed by atoms with van der Waals surface area (Å²) in [6, 6.07) is 7.11. The van der Waals surface area contributed by atoms with Gasteiger partial charge in [-0.3, -0.25) is 4.79 Å². The molecule has 1 amide bonds. The van der Waals surface area contributed by atoms with E-state index in [0.717, 1.165) is 18.4 Å². The van der Waals surface area contributed by atoms with Crippen molar-refractivity contribution < 1.29 is 18.0 Å². The summed E-state index contributed by atoms with van der Waals surface area (Å²) in [6.45, 7) is 0.395. The SMILES string of the molecule is NCc1ccc(N(C(=O)CCC(F)(F)F)C2CC2)cc1. The molecule has 2 N–H and O–H groups in total. The van der Waals surface area contributed by atoms with Gasteiger partial charge in [-0.05, 0) is 30.5 Å². The largest absolute Gasteiger partial charge is 0.389 e. The van der Waals surface area contributed by atoms with E-state index in [9.17, 15) is 18.0 Å². The van der Waals surface area contributed by atoms with Gasteiger partial charge in [0.25, 0.3) is 0 Å². The van der Waals surface area contributed by atoms with Crippen molar-refractivity contribution in [2.24, 2.45) is 5.73 Å². The minimum atomic E-state index is -4.30. The summed E-state index contributed by atoms with van der Waals surface area (Å²) in [6.07, 6.45) is -4.18. The van der Waals surface area contributed by atoms with Crippen LogP contribution >= 0.6 is 0 Å². The number of amides is 1. The molecular weight excluding hydrogens is 269 g/mol. The first-order valence-electron chi connectivity index (χ1n) is 6.58. The second-order valence-corrected chi connectivity index (χ2v) is 4.98. The standard InChI is InChI=1S/C14H17F3N2O/c15-14(16,17)8-7-13(20)19(12-5-6-12)11-3-1-10(9-18)2-4-11/h1-4,12H,5-9,18H2. The lowest BCUT2D eigenvalue weighted by atomic mass is 10.1. The van der Waals surface area contributed by atoms with Gasteiger partial charge in [0.05, 0.1) is 6.42 Å². The van der Waals surface area contributed by atoms with Crippen LogP contribution in [-0.4, -0.2) is 18.1 Å². The fourth-order valence-electron chi connectivity index (χ4n) is 2.05. The van der Waals surface area contributed by atoms with E-state index < -0.39 is 24.9 Å². The molecule has 1 aromatic rings. The smallest absolute Gasteiger partial charge is 0.326 e. The van der Waals surface area contributed by atoms with Crippen molar-refractivity contribution in [3.63, 3.8) is 0 Å². The first-order chi connectivity index (χ1) is 9.40. The summed E-state index contributed by atoms with van der Waals surface area (Å²) in [5.41, 5.74) is 7.07. The van der Waals surface area contributed by atoms with Crippen LogP contribution in [0, 0.1) is 0 Å². The molecule has 0 spiro atoms. The molecular formula is C14H17F3N2O. The highest BCUT2D eigenvalue weighted by atomic mass is 19.4. The molecule has 20 heavy (non-hydrogen) atoms. The summed E-state index contributed by atoms with van der Waals surface area (Å²) in [4.78, 5) is 13.5. The van der Waals surface area contributed by atoms with E-state index in [-0.39, 0.29) is 6.04 Å². The Kier molecular flexibility index (Phi) is 4.32. The molecule has 110 valence electrons. The highest BCUT2D eigenvalue weighted by molar-refractivity contribution is 5.94. The predicted molar refractivity (Wildman–Crippen MR) is 70.1 cm³/mol. The quantitative estimate of drug-likeness (QED) is 0.904. The lowest BCUT2D eigenvalue weighted by Gasteiger charge is -2.23. The van der Waals surface area contributed by atoms with Gasteiger partial charge >= 0.3 is 6.18 Å². The Bertz CT molecular complexity index is 466. The molecule has 1 aliphatic rings. The Morgan fingerprint density at radius 3 is 2.30 bits per heavy atom. The van der Waals surface area contributed by atoms with Crippen LogP contribution in [0.2, 0.25) is 0 Å². The lowest BCUT2D eigenvalue weighted by Crippen LogP contribution is -2.33. The molecule has 0 unspecified atom stereocenters. The van der Waals surface area contributed by atoms with E-state index in [1.54, 1.807) is 24.3 Å². The van der Waals surface area contributed by atoms with Crippen molar-refractivity contribution in [2.45, 2.75) is 44.4 Å². The van der Waals surface area contributed by atoms with E-state index >= 15 is 0 Å². The molecule has 0 saturated heterocycles. The monoisotopic (exact) mass is 286 g/mol. The van der Waals surface area contributed by atoms with Crippen molar-refractivity contribution in [2.75, 3.05) is 4.90 Å². The van der Waals surface area contributed by atoms with Crippen LogP contribution in [-0.2, 0) is 11.3 Å². The molecule has 1 fully saturated rings. The van der Waals surface area contributed by atoms with Crippen molar-refractivity contribution in [3.05, 3.63) is 29.8 Å². The van der Waals surface area contributed by atoms with Gasteiger partial charge in [0.15, 0.2) is 0 Å². The average Bonchev–Trinajstić information content (AvgIpc) is 3.21. The average molecular weight is 286 g/mol. The number of hydrogen-bond donors (Lipinski definition) is 1. The number of rotatable bonds is 5. The number of carbonyl (C=O) groups is 1. The number of hydrogen-bond acceptors (Lipinski definition) is 2. The first kappa shape index (κ1) is 14.8. The Morgan fingerprint density at radius 2 is 1.85 bits per heavy atom. The normalized spacial score (nSPS) is 15.2. The Labute approximate surface area is 115 Å². The number of halogens is 3. The summed E-state index contributed by atoms with van der Waals surface area (Å²) < 4.78 is 36.6. The third kappa shape index (κ3) is 3.96. The maximum atomic E-state index is 12.2. The molecule has 1 saturated carbocycles. The van der Waals surface area contributed by atoms with E-state index in [2.05, 4.69) is 0 Å². The molecule has 0 heterocycles. The van der Waals surface area contributed by atoms with E-state index in [1.165, 1.54) is 4.90 Å². The van der Waals surface area contributed by atoms with Gasteiger partial charge in [-0.25, -0.2) is 0 Å². The van der Waals surface area contributed by atoms with Crippen molar-refractivity contribution in [1.82, 2.24) is 0 Å². The number of benzene rings is 1. The van der Waals surface area contributed by atoms with Crippen molar-refractivity contribution in [1.29, 1.82) is 0 Å². The second kappa shape index (κ2) is 5.83. The van der Waals surface area contributed by atoms with Gasteiger partial charge in [0.1, 0.15) is 0 Å².